The number of nitrogens with one attached hydrogen (secondary N) is 2. The number of carbonyl (C=O) groups is 1. The molecule has 0 saturated heterocycles. The third-order valence-electron chi connectivity index (χ3n) is 2.99. The van der Waals surface area contributed by atoms with Crippen molar-refractivity contribution in [2.75, 3.05) is 0 Å². The van der Waals surface area contributed by atoms with Crippen LogP contribution in [0.3, 0.4) is 0 Å². The number of amides is 1. The van der Waals surface area contributed by atoms with E-state index < -0.39 is 5.41 Å². The maximum atomic E-state index is 11.9. The van der Waals surface area contributed by atoms with E-state index in [4.69, 9.17) is 18.0 Å². The number of hydrogen-bond acceptors (Lipinski definition) is 4. The van der Waals surface area contributed by atoms with Gasteiger partial charge >= 0.3 is 0 Å². The van der Waals surface area contributed by atoms with Crippen molar-refractivity contribution in [3.63, 3.8) is 0 Å². The molecule has 1 aromatic heterocycles. The Morgan fingerprint density at radius 2 is 2.44 bits per heavy atom. The number of aromatic nitrogens is 3. The summed E-state index contributed by atoms with van der Waals surface area (Å²) in [4.78, 5) is 16.1. The number of carbonyl (C=O) groups excluding carboxylic acids is 1. The third-order valence-corrected chi connectivity index (χ3v) is 3.39. The van der Waals surface area contributed by atoms with Crippen molar-refractivity contribution in [1.82, 2.24) is 20.5 Å². The zero-order valence-corrected chi connectivity index (χ0v) is 9.51. The molecule has 1 saturated carbocycles. The van der Waals surface area contributed by atoms with Gasteiger partial charge in [-0.2, -0.15) is 5.10 Å². The largest absolute Gasteiger partial charge is 0.392 e. The highest BCUT2D eigenvalue weighted by molar-refractivity contribution is 7.80. The van der Waals surface area contributed by atoms with Crippen LogP contribution in [0.2, 0.25) is 0 Å². The summed E-state index contributed by atoms with van der Waals surface area (Å²) in [5, 5.41) is 9.13. The van der Waals surface area contributed by atoms with Crippen molar-refractivity contribution in [2.45, 2.75) is 25.8 Å². The summed E-state index contributed by atoms with van der Waals surface area (Å²) in [5.41, 5.74) is 4.99. The molecule has 1 amide bonds. The molecule has 1 fully saturated rings. The lowest BCUT2D eigenvalue weighted by Crippen LogP contribution is -2.52. The number of nitrogens with two attached hydrogens (primary N) is 1. The summed E-state index contributed by atoms with van der Waals surface area (Å²) in [6, 6.07) is 0. The number of hydrogen-bond donors (Lipinski definition) is 3. The van der Waals surface area contributed by atoms with Crippen LogP contribution in [0, 0.1) is 5.41 Å². The number of rotatable bonds is 4. The van der Waals surface area contributed by atoms with Crippen LogP contribution in [0.4, 0.5) is 0 Å². The molecule has 0 radical (unpaired) electrons. The van der Waals surface area contributed by atoms with E-state index in [-0.39, 0.29) is 10.9 Å². The molecule has 1 aliphatic rings. The number of nitrogens with zero attached hydrogens (tertiary/aromatic N) is 2. The molecular weight excluding hydrogens is 226 g/mol. The van der Waals surface area contributed by atoms with Gasteiger partial charge in [-0.3, -0.25) is 9.89 Å². The summed E-state index contributed by atoms with van der Waals surface area (Å²) in [6.45, 7) is 0.323. The summed E-state index contributed by atoms with van der Waals surface area (Å²) >= 11 is 4.95. The van der Waals surface area contributed by atoms with Gasteiger partial charge in [0.1, 0.15) is 12.2 Å². The van der Waals surface area contributed by atoms with E-state index in [2.05, 4.69) is 20.5 Å². The van der Waals surface area contributed by atoms with Gasteiger partial charge in [0.2, 0.25) is 5.91 Å². The first-order valence-corrected chi connectivity index (χ1v) is 5.48. The second-order valence-corrected chi connectivity index (χ2v) is 4.35. The molecule has 2 rings (SSSR count). The Balaban J connectivity index is 1.95. The van der Waals surface area contributed by atoms with Gasteiger partial charge < -0.3 is 11.1 Å². The van der Waals surface area contributed by atoms with Gasteiger partial charge in [-0.1, -0.05) is 18.6 Å². The predicted octanol–water partition coefficient (Wildman–Crippen LogP) is -0.123. The fraction of sp³-hybridized carbons (Fsp3) is 0.556. The number of aromatic amines is 1. The SMILES string of the molecule is NC(=S)C1(C(=O)NCc2ncn[nH]2)CCC1. The summed E-state index contributed by atoms with van der Waals surface area (Å²) in [6.07, 6.45) is 3.87. The van der Waals surface area contributed by atoms with Crippen LogP contribution in [0.5, 0.6) is 0 Å². The van der Waals surface area contributed by atoms with Gasteiger partial charge in [0.05, 0.1) is 16.9 Å². The van der Waals surface area contributed by atoms with Crippen LogP contribution in [-0.2, 0) is 11.3 Å². The molecule has 4 N–H and O–H groups in total. The van der Waals surface area contributed by atoms with E-state index in [0.29, 0.717) is 12.4 Å². The lowest BCUT2D eigenvalue weighted by molar-refractivity contribution is -0.131. The Labute approximate surface area is 98.0 Å². The zero-order chi connectivity index (χ0) is 11.6. The smallest absolute Gasteiger partial charge is 0.233 e. The minimum absolute atomic E-state index is 0.109. The van der Waals surface area contributed by atoms with Gasteiger partial charge in [-0.05, 0) is 12.8 Å². The Morgan fingerprint density at radius 1 is 1.69 bits per heavy atom. The minimum atomic E-state index is -0.630. The maximum absolute atomic E-state index is 11.9. The van der Waals surface area contributed by atoms with Crippen molar-refractivity contribution in [1.29, 1.82) is 0 Å². The van der Waals surface area contributed by atoms with E-state index >= 15 is 0 Å². The van der Waals surface area contributed by atoms with Gasteiger partial charge in [0.25, 0.3) is 0 Å². The van der Waals surface area contributed by atoms with Crippen LogP contribution >= 0.6 is 12.2 Å². The fourth-order valence-electron chi connectivity index (χ4n) is 1.76. The quantitative estimate of drug-likeness (QED) is 0.636. The summed E-state index contributed by atoms with van der Waals surface area (Å²) < 4.78 is 0. The number of thiocarbonyl (C=S) groups is 1. The second-order valence-electron chi connectivity index (χ2n) is 3.91. The average Bonchev–Trinajstić information content (AvgIpc) is 2.64. The van der Waals surface area contributed by atoms with Gasteiger partial charge in [0, 0.05) is 0 Å². The molecule has 1 aliphatic carbocycles. The highest BCUT2D eigenvalue weighted by Crippen LogP contribution is 2.41. The molecule has 86 valence electrons. The summed E-state index contributed by atoms with van der Waals surface area (Å²) in [7, 11) is 0. The molecule has 0 spiro atoms. The highest BCUT2D eigenvalue weighted by atomic mass is 32.1. The molecule has 6 nitrogen and oxygen atoms in total. The first-order valence-electron chi connectivity index (χ1n) is 5.07. The monoisotopic (exact) mass is 239 g/mol. The van der Waals surface area contributed by atoms with Crippen LogP contribution in [0.1, 0.15) is 25.1 Å². The van der Waals surface area contributed by atoms with E-state index in [9.17, 15) is 4.79 Å². The Bertz CT molecular complexity index is 398. The molecule has 1 heterocycles. The Hall–Kier alpha value is -1.50. The molecule has 0 aromatic carbocycles. The fourth-order valence-corrected chi connectivity index (χ4v) is 2.06. The van der Waals surface area contributed by atoms with Crippen molar-refractivity contribution < 1.29 is 4.79 Å². The first-order chi connectivity index (χ1) is 7.65. The number of H-pyrrole nitrogens is 1. The Morgan fingerprint density at radius 3 is 2.88 bits per heavy atom. The van der Waals surface area contributed by atoms with Gasteiger partial charge in [-0.25, -0.2) is 4.98 Å². The molecule has 0 unspecified atom stereocenters. The van der Waals surface area contributed by atoms with E-state index in [1.807, 2.05) is 0 Å². The topological polar surface area (TPSA) is 96.7 Å². The predicted molar refractivity (Wildman–Crippen MR) is 61.3 cm³/mol. The normalized spacial score (nSPS) is 17.5. The molecule has 7 heteroatoms. The van der Waals surface area contributed by atoms with Crippen molar-refractivity contribution in [3.8, 4) is 0 Å². The van der Waals surface area contributed by atoms with Crippen LogP contribution in [0.15, 0.2) is 6.33 Å². The van der Waals surface area contributed by atoms with E-state index in [1.54, 1.807) is 0 Å². The van der Waals surface area contributed by atoms with Crippen molar-refractivity contribution in [2.24, 2.45) is 11.1 Å². The van der Waals surface area contributed by atoms with Gasteiger partial charge in [-0.15, -0.1) is 0 Å². The minimum Gasteiger partial charge on any atom is -0.392 e. The van der Waals surface area contributed by atoms with Crippen molar-refractivity contribution >= 4 is 23.1 Å². The van der Waals surface area contributed by atoms with Crippen LogP contribution < -0.4 is 11.1 Å². The van der Waals surface area contributed by atoms with Crippen LogP contribution in [0.25, 0.3) is 0 Å². The molecule has 1 aromatic rings. The van der Waals surface area contributed by atoms with E-state index in [1.165, 1.54) is 6.33 Å². The maximum Gasteiger partial charge on any atom is 0.233 e. The Kier molecular flexibility index (Phi) is 2.86. The van der Waals surface area contributed by atoms with Crippen LogP contribution in [-0.4, -0.2) is 26.1 Å². The second kappa shape index (κ2) is 4.17. The van der Waals surface area contributed by atoms with Crippen molar-refractivity contribution in [3.05, 3.63) is 12.2 Å². The van der Waals surface area contributed by atoms with E-state index in [0.717, 1.165) is 19.3 Å². The third kappa shape index (κ3) is 1.78. The molecular formula is C9H13N5OS. The first kappa shape index (κ1) is 11.0. The van der Waals surface area contributed by atoms with Gasteiger partial charge in [0.15, 0.2) is 0 Å². The lowest BCUT2D eigenvalue weighted by atomic mass is 9.68. The highest BCUT2D eigenvalue weighted by Gasteiger charge is 2.46. The zero-order valence-electron chi connectivity index (χ0n) is 8.69. The molecule has 16 heavy (non-hydrogen) atoms. The molecule has 0 atom stereocenters. The summed E-state index contributed by atoms with van der Waals surface area (Å²) in [5.74, 6) is 0.508. The lowest BCUT2D eigenvalue weighted by Gasteiger charge is -2.38. The standard InChI is InChI=1S/C9H13N5OS/c10-7(16)9(2-1-3-9)8(15)11-4-6-12-5-13-14-6/h5H,1-4H2,(H2,10,16)(H,11,15)(H,12,13,14). The average molecular weight is 239 g/mol. The molecule has 0 aliphatic heterocycles. The molecule has 0 bridgehead atoms.